The van der Waals surface area contributed by atoms with E-state index >= 15 is 0 Å². The minimum Gasteiger partial charge on any atom is -0.615 e. The summed E-state index contributed by atoms with van der Waals surface area (Å²) in [7, 11) is 0. The predicted octanol–water partition coefficient (Wildman–Crippen LogP) is 10.0. The first-order valence-electron chi connectivity index (χ1n) is 19.2. The summed E-state index contributed by atoms with van der Waals surface area (Å²) in [4.78, 5) is 12.8. The van der Waals surface area contributed by atoms with Gasteiger partial charge < -0.3 is 7.58 Å². The van der Waals surface area contributed by atoms with Crippen LogP contribution < -0.4 is 7.58 Å². The molecule has 7 heteroatoms. The van der Waals surface area contributed by atoms with Gasteiger partial charge in [-0.1, -0.05) is 86.6 Å². The quantitative estimate of drug-likeness (QED) is 0.201. The zero-order valence-corrected chi connectivity index (χ0v) is 33.9. The summed E-state index contributed by atoms with van der Waals surface area (Å²) >= 11 is -0.868. The number of para-hydroxylation sites is 2. The van der Waals surface area contributed by atoms with Crippen LogP contribution in [0.2, 0.25) is 0 Å². The maximum Gasteiger partial charge on any atom is 0.881 e. The molecule has 0 aromatic heterocycles. The maximum atomic E-state index is 6.85. The van der Waals surface area contributed by atoms with Crippen LogP contribution in [0.25, 0.3) is 0 Å². The molecule has 0 saturated carbocycles. The summed E-state index contributed by atoms with van der Waals surface area (Å²) in [6.07, 6.45) is 12.4. The molecule has 51 heavy (non-hydrogen) atoms. The average Bonchev–Trinajstić information content (AvgIpc) is 3.31. The van der Waals surface area contributed by atoms with E-state index in [-0.39, 0.29) is 16.2 Å². The third kappa shape index (κ3) is 8.98. The highest BCUT2D eigenvalue weighted by Crippen LogP contribution is 2.39. The molecule has 0 aliphatic carbocycles. The summed E-state index contributed by atoms with van der Waals surface area (Å²) in [6.45, 7) is 25.1. The number of aryl methyl sites for hydroxylation is 1. The molecule has 0 N–H and O–H groups in total. The number of fused-ring (bicyclic) bond motifs is 3. The van der Waals surface area contributed by atoms with Gasteiger partial charge in [0.15, 0.2) is 0 Å². The van der Waals surface area contributed by atoms with E-state index in [2.05, 4.69) is 96.1 Å². The summed E-state index contributed by atoms with van der Waals surface area (Å²) in [5.74, 6) is 3.34. The van der Waals surface area contributed by atoms with E-state index in [9.17, 15) is 0 Å². The van der Waals surface area contributed by atoms with Crippen molar-refractivity contribution in [3.05, 3.63) is 81.9 Å². The highest BCUT2D eigenvalue weighted by atomic mass is 27.2. The van der Waals surface area contributed by atoms with Crippen LogP contribution in [0.15, 0.2) is 58.5 Å². The largest absolute Gasteiger partial charge is 0.881 e. The Morgan fingerprint density at radius 2 is 1.31 bits per heavy atom. The maximum absolute atomic E-state index is 6.85. The fraction of sp³-hybridized carbons (Fsp3) is 0.523. The van der Waals surface area contributed by atoms with Crippen molar-refractivity contribution in [1.29, 1.82) is 0 Å². The average molecular weight is 703 g/mol. The molecule has 1 radical (unpaired) electrons. The molecule has 269 valence electrons. The van der Waals surface area contributed by atoms with Crippen LogP contribution in [0.4, 0.5) is 11.4 Å². The van der Waals surface area contributed by atoms with Gasteiger partial charge in [0, 0.05) is 36.4 Å². The first-order chi connectivity index (χ1) is 24.2. The van der Waals surface area contributed by atoms with Crippen LogP contribution in [0.3, 0.4) is 0 Å². The van der Waals surface area contributed by atoms with E-state index in [1.54, 1.807) is 5.84 Å². The highest BCUT2D eigenvalue weighted by molar-refractivity contribution is 6.21. The van der Waals surface area contributed by atoms with Gasteiger partial charge in [-0.25, -0.2) is 0 Å². The monoisotopic (exact) mass is 702 g/mol. The van der Waals surface area contributed by atoms with Crippen LogP contribution in [0, 0.1) is 0 Å². The van der Waals surface area contributed by atoms with Gasteiger partial charge in [0.25, 0.3) is 0 Å². The van der Waals surface area contributed by atoms with Crippen molar-refractivity contribution in [3.8, 4) is 11.5 Å². The van der Waals surface area contributed by atoms with E-state index in [1.165, 1.54) is 74.0 Å². The van der Waals surface area contributed by atoms with E-state index in [4.69, 9.17) is 17.6 Å². The van der Waals surface area contributed by atoms with Crippen LogP contribution in [-0.2, 0) is 22.7 Å². The second kappa shape index (κ2) is 15.3. The van der Waals surface area contributed by atoms with Gasteiger partial charge >= 0.3 is 15.9 Å². The fourth-order valence-electron chi connectivity index (χ4n) is 7.45. The lowest BCUT2D eigenvalue weighted by Crippen LogP contribution is -2.44. The first kappa shape index (κ1) is 37.4. The Labute approximate surface area is 314 Å². The van der Waals surface area contributed by atoms with Crippen molar-refractivity contribution in [2.45, 2.75) is 124 Å². The number of hydrogen-bond donors (Lipinski definition) is 0. The van der Waals surface area contributed by atoms with Crippen molar-refractivity contribution >= 4 is 45.5 Å². The lowest BCUT2D eigenvalue weighted by atomic mass is 9.79. The van der Waals surface area contributed by atoms with E-state index in [1.807, 2.05) is 36.7 Å². The van der Waals surface area contributed by atoms with Crippen molar-refractivity contribution in [1.82, 2.24) is 4.90 Å². The molecular weight excluding hydrogens is 643 g/mol. The number of amidine groups is 1. The smallest absolute Gasteiger partial charge is 0.615 e. The predicted molar refractivity (Wildman–Crippen MR) is 215 cm³/mol. The SMILES string of the molecule is CC(C)(C)c1cc2c(c(CCCN3CCC[N+]4=C3CCCCC4)c1)[O][Al][O]c1c(cc(C(C)(C)C)cc1C(C)(C)C)C=Nc1ccccc1N=C2. The van der Waals surface area contributed by atoms with Crippen LogP contribution in [0.1, 0.15) is 134 Å². The van der Waals surface area contributed by atoms with E-state index in [0.29, 0.717) is 0 Å². The zero-order chi connectivity index (χ0) is 36.4. The van der Waals surface area contributed by atoms with Crippen LogP contribution >= 0.6 is 0 Å². The van der Waals surface area contributed by atoms with Gasteiger partial charge in [-0.15, -0.1) is 0 Å². The fourth-order valence-corrected chi connectivity index (χ4v) is 8.24. The third-order valence-electron chi connectivity index (χ3n) is 10.5. The Morgan fingerprint density at radius 3 is 1.96 bits per heavy atom. The number of hydrogen-bond acceptors (Lipinski definition) is 5. The van der Waals surface area contributed by atoms with Gasteiger partial charge in [-0.2, -0.15) is 0 Å². The molecule has 6 rings (SSSR count). The molecule has 6 nitrogen and oxygen atoms in total. The lowest BCUT2D eigenvalue weighted by molar-refractivity contribution is -0.539. The minimum atomic E-state index is -0.868. The minimum absolute atomic E-state index is 0.0285. The van der Waals surface area contributed by atoms with Gasteiger partial charge in [0.1, 0.15) is 0 Å². The standard InChI is InChI=1S/C44H60N4O2.Al/c1-42(2,3)34-25-31(17-15-22-48-24-16-23-47-21-14-10-11-20-39(47)48)40(49)32(26-34)29-45-37-18-12-13-19-38(37)46-30-33-27-35(43(4,5)6)28-36(41(33)50)44(7,8)9;/h12-13,18-19,25-30H,10-11,14-17,20-24H2,1-9H3,(H-,45,46,49,50);/q;+2/p-1. The van der Waals surface area contributed by atoms with Crippen molar-refractivity contribution < 1.29 is 12.2 Å². The number of nitrogens with zero attached hydrogens (tertiary/aromatic N) is 4. The van der Waals surface area contributed by atoms with Gasteiger partial charge in [-0.3, -0.25) is 19.5 Å². The molecule has 3 heterocycles. The van der Waals surface area contributed by atoms with Crippen molar-refractivity contribution in [3.63, 3.8) is 0 Å². The number of benzene rings is 3. The normalized spacial score (nSPS) is 16.9. The molecule has 0 unspecified atom stereocenters. The summed E-state index contributed by atoms with van der Waals surface area (Å²) in [5.41, 5.74) is 8.36. The second-order valence-electron chi connectivity index (χ2n) is 17.7. The molecule has 3 aliphatic heterocycles. The number of aliphatic imine (C=N–C) groups is 2. The summed E-state index contributed by atoms with van der Waals surface area (Å²) < 4.78 is 16.3. The van der Waals surface area contributed by atoms with E-state index in [0.717, 1.165) is 53.4 Å². The molecule has 3 aromatic rings. The van der Waals surface area contributed by atoms with Crippen LogP contribution in [0.5, 0.6) is 11.5 Å². The topological polar surface area (TPSA) is 49.4 Å². The Hall–Kier alpha value is -3.40. The van der Waals surface area contributed by atoms with Gasteiger partial charge in [0.2, 0.25) is 5.84 Å². The Kier molecular flexibility index (Phi) is 11.2. The molecule has 3 aromatic carbocycles. The second-order valence-corrected chi connectivity index (χ2v) is 18.4. The van der Waals surface area contributed by atoms with E-state index < -0.39 is 15.9 Å². The molecular formula is C44H59AlN4O2+. The Balaban J connectivity index is 1.41. The van der Waals surface area contributed by atoms with Crippen molar-refractivity contribution in [2.24, 2.45) is 9.98 Å². The lowest BCUT2D eigenvalue weighted by Gasteiger charge is -2.29. The van der Waals surface area contributed by atoms with Crippen molar-refractivity contribution in [2.75, 3.05) is 26.2 Å². The van der Waals surface area contributed by atoms with Crippen LogP contribution in [-0.4, -0.2) is 69.8 Å². The molecule has 0 spiro atoms. The Bertz CT molecular complexity index is 1820. The van der Waals surface area contributed by atoms with Gasteiger partial charge in [-0.05, 0) is 94.9 Å². The third-order valence-corrected chi connectivity index (χ3v) is 11.2. The molecule has 0 atom stereocenters. The zero-order valence-electron chi connectivity index (χ0n) is 32.7. The number of rotatable bonds is 4. The molecule has 0 fully saturated rings. The molecule has 0 saturated heterocycles. The first-order valence-corrected chi connectivity index (χ1v) is 20.2. The van der Waals surface area contributed by atoms with Gasteiger partial charge in [0.05, 0.1) is 49.1 Å². The Morgan fingerprint density at radius 1 is 0.706 bits per heavy atom. The molecule has 0 bridgehead atoms. The highest BCUT2D eigenvalue weighted by Gasteiger charge is 2.30. The summed E-state index contributed by atoms with van der Waals surface area (Å²) in [6, 6.07) is 17.3. The molecule has 0 amide bonds. The summed E-state index contributed by atoms with van der Waals surface area (Å²) in [5, 5.41) is 0. The molecule has 3 aliphatic rings.